The van der Waals surface area contributed by atoms with Crippen LogP contribution in [-0.4, -0.2) is 15.6 Å². The molecule has 0 amide bonds. The molecular formula is C21H20N2O. The number of carbonyl (C=O) groups is 1. The van der Waals surface area contributed by atoms with Gasteiger partial charge < -0.3 is 0 Å². The number of hydrogen-bond donors (Lipinski definition) is 0. The zero-order valence-corrected chi connectivity index (χ0v) is 14.0. The molecule has 0 fully saturated rings. The molecule has 0 N–H and O–H groups in total. The molecule has 0 saturated heterocycles. The Morgan fingerprint density at radius 3 is 2.67 bits per heavy atom. The zero-order chi connectivity index (χ0) is 16.7. The molecule has 2 aromatic carbocycles. The molecule has 120 valence electrons. The van der Waals surface area contributed by atoms with Crippen molar-refractivity contribution >= 4 is 5.78 Å². The molecular weight excluding hydrogens is 296 g/mol. The number of rotatable bonds is 2. The van der Waals surface area contributed by atoms with E-state index < -0.39 is 0 Å². The maximum absolute atomic E-state index is 12.6. The van der Waals surface area contributed by atoms with Crippen molar-refractivity contribution in [3.05, 3.63) is 82.7 Å². The van der Waals surface area contributed by atoms with Gasteiger partial charge >= 0.3 is 0 Å². The fourth-order valence-electron chi connectivity index (χ4n) is 3.69. The Bertz CT molecular complexity index is 923. The fraction of sp³-hybridized carbons (Fsp3) is 0.238. The first kappa shape index (κ1) is 14.9. The van der Waals surface area contributed by atoms with E-state index in [1.807, 2.05) is 22.9 Å². The zero-order valence-electron chi connectivity index (χ0n) is 14.0. The van der Waals surface area contributed by atoms with Crippen LogP contribution in [0.1, 0.15) is 45.1 Å². The van der Waals surface area contributed by atoms with Crippen LogP contribution in [0.5, 0.6) is 0 Å². The predicted octanol–water partition coefficient (Wildman–Crippen LogP) is 4.40. The van der Waals surface area contributed by atoms with Gasteiger partial charge in [0, 0.05) is 6.42 Å². The lowest BCUT2D eigenvalue weighted by Gasteiger charge is -2.24. The lowest BCUT2D eigenvalue weighted by Crippen LogP contribution is -2.20. The summed E-state index contributed by atoms with van der Waals surface area (Å²) in [4.78, 5) is 12.6. The van der Waals surface area contributed by atoms with Crippen LogP contribution in [-0.2, 0) is 6.42 Å². The number of fused-ring (bicyclic) bond motifs is 1. The molecule has 24 heavy (non-hydrogen) atoms. The van der Waals surface area contributed by atoms with Gasteiger partial charge in [0.15, 0.2) is 5.78 Å². The van der Waals surface area contributed by atoms with Crippen LogP contribution in [0.3, 0.4) is 0 Å². The normalized spacial score (nSPS) is 16.9. The average Bonchev–Trinajstić information content (AvgIpc) is 3.00. The molecule has 0 bridgehead atoms. The Labute approximate surface area is 141 Å². The van der Waals surface area contributed by atoms with Crippen molar-refractivity contribution in [1.82, 2.24) is 9.78 Å². The molecule has 0 saturated carbocycles. The molecule has 3 heteroatoms. The van der Waals surface area contributed by atoms with Crippen LogP contribution in [0.25, 0.3) is 5.69 Å². The maximum Gasteiger partial charge on any atom is 0.166 e. The van der Waals surface area contributed by atoms with Crippen LogP contribution in [0, 0.1) is 13.8 Å². The highest BCUT2D eigenvalue weighted by Gasteiger charge is 2.30. The molecule has 0 spiro atoms. The first-order valence-electron chi connectivity index (χ1n) is 8.36. The second kappa shape index (κ2) is 5.75. The van der Waals surface area contributed by atoms with Crippen LogP contribution in [0.2, 0.25) is 0 Å². The molecule has 3 aromatic rings. The minimum absolute atomic E-state index is 0.198. The third kappa shape index (κ3) is 2.46. The quantitative estimate of drug-likeness (QED) is 0.702. The molecule has 1 aliphatic rings. The average molecular weight is 316 g/mol. The summed E-state index contributed by atoms with van der Waals surface area (Å²) in [5, 5.41) is 4.51. The maximum atomic E-state index is 12.6. The number of benzene rings is 2. The van der Waals surface area contributed by atoms with E-state index in [4.69, 9.17) is 0 Å². The Hall–Kier alpha value is -2.68. The molecule has 3 nitrogen and oxygen atoms in total. The standard InChI is InChI=1S/C21H20N2O/c1-14-6-5-8-17(10-14)23-20-11-16(12-21(24)19(20)13-22-23)18-9-4-3-7-15(18)2/h3-10,13,16H,11-12H2,1-2H3. The summed E-state index contributed by atoms with van der Waals surface area (Å²) in [6, 6.07) is 16.6. The van der Waals surface area contributed by atoms with Crippen molar-refractivity contribution in [3.8, 4) is 5.69 Å². The highest BCUT2D eigenvalue weighted by atomic mass is 16.1. The lowest BCUT2D eigenvalue weighted by molar-refractivity contribution is 0.0963. The van der Waals surface area contributed by atoms with E-state index in [9.17, 15) is 4.79 Å². The molecule has 0 radical (unpaired) electrons. The summed E-state index contributed by atoms with van der Waals surface area (Å²) >= 11 is 0. The Morgan fingerprint density at radius 2 is 1.88 bits per heavy atom. The SMILES string of the molecule is Cc1cccc(-n2ncc3c2CC(c2ccccc2C)CC3=O)c1. The Balaban J connectivity index is 1.78. The topological polar surface area (TPSA) is 34.9 Å². The van der Waals surface area contributed by atoms with Gasteiger partial charge in [0.1, 0.15) is 0 Å². The van der Waals surface area contributed by atoms with E-state index in [1.165, 1.54) is 16.7 Å². The highest BCUT2D eigenvalue weighted by Crippen LogP contribution is 2.35. The van der Waals surface area contributed by atoms with Gasteiger partial charge in [0.25, 0.3) is 0 Å². The number of hydrogen-bond acceptors (Lipinski definition) is 2. The smallest absolute Gasteiger partial charge is 0.166 e. The van der Waals surface area contributed by atoms with E-state index in [2.05, 4.69) is 49.3 Å². The highest BCUT2D eigenvalue weighted by molar-refractivity contribution is 5.98. The van der Waals surface area contributed by atoms with Crippen LogP contribution in [0.15, 0.2) is 54.7 Å². The molecule has 1 atom stereocenters. The van der Waals surface area contributed by atoms with E-state index >= 15 is 0 Å². The van der Waals surface area contributed by atoms with Crippen molar-refractivity contribution in [1.29, 1.82) is 0 Å². The second-order valence-electron chi connectivity index (χ2n) is 6.64. The van der Waals surface area contributed by atoms with Gasteiger partial charge in [0.05, 0.1) is 23.1 Å². The predicted molar refractivity (Wildman–Crippen MR) is 94.9 cm³/mol. The van der Waals surface area contributed by atoms with Crippen LogP contribution < -0.4 is 0 Å². The number of aromatic nitrogens is 2. The van der Waals surface area contributed by atoms with Crippen molar-refractivity contribution in [3.63, 3.8) is 0 Å². The van der Waals surface area contributed by atoms with Gasteiger partial charge in [-0.1, -0.05) is 36.4 Å². The molecule has 1 unspecified atom stereocenters. The summed E-state index contributed by atoms with van der Waals surface area (Å²) in [6.45, 7) is 4.19. The van der Waals surface area contributed by atoms with Gasteiger partial charge in [-0.3, -0.25) is 4.79 Å². The third-order valence-corrected chi connectivity index (χ3v) is 4.92. The minimum atomic E-state index is 0.198. The van der Waals surface area contributed by atoms with Gasteiger partial charge in [-0.15, -0.1) is 0 Å². The number of carbonyl (C=O) groups excluding carboxylic acids is 1. The summed E-state index contributed by atoms with van der Waals surface area (Å²) in [7, 11) is 0. The molecule has 0 aliphatic heterocycles. The van der Waals surface area contributed by atoms with Crippen molar-refractivity contribution in [2.45, 2.75) is 32.6 Å². The van der Waals surface area contributed by atoms with E-state index in [0.717, 1.165) is 23.4 Å². The van der Waals surface area contributed by atoms with Crippen LogP contribution >= 0.6 is 0 Å². The van der Waals surface area contributed by atoms with Gasteiger partial charge in [-0.25, -0.2) is 4.68 Å². The first-order chi connectivity index (χ1) is 11.6. The van der Waals surface area contributed by atoms with Crippen molar-refractivity contribution < 1.29 is 4.79 Å². The summed E-state index contributed by atoms with van der Waals surface area (Å²) in [5.74, 6) is 0.426. The summed E-state index contributed by atoms with van der Waals surface area (Å²) in [6.07, 6.45) is 3.14. The largest absolute Gasteiger partial charge is 0.294 e. The van der Waals surface area contributed by atoms with Crippen LogP contribution in [0.4, 0.5) is 0 Å². The minimum Gasteiger partial charge on any atom is -0.294 e. The van der Waals surface area contributed by atoms with E-state index in [1.54, 1.807) is 6.20 Å². The first-order valence-corrected chi connectivity index (χ1v) is 8.36. The molecule has 1 aliphatic carbocycles. The van der Waals surface area contributed by atoms with Gasteiger partial charge in [-0.05, 0) is 55.0 Å². The number of nitrogens with zero attached hydrogens (tertiary/aromatic N) is 2. The molecule has 1 heterocycles. The number of ketones is 1. The van der Waals surface area contributed by atoms with Gasteiger partial charge in [-0.2, -0.15) is 5.10 Å². The third-order valence-electron chi connectivity index (χ3n) is 4.92. The number of aryl methyl sites for hydroxylation is 2. The monoisotopic (exact) mass is 316 g/mol. The fourth-order valence-corrected chi connectivity index (χ4v) is 3.69. The summed E-state index contributed by atoms with van der Waals surface area (Å²) in [5.41, 5.74) is 6.55. The summed E-state index contributed by atoms with van der Waals surface area (Å²) < 4.78 is 1.94. The van der Waals surface area contributed by atoms with E-state index in [-0.39, 0.29) is 11.7 Å². The lowest BCUT2D eigenvalue weighted by atomic mass is 9.81. The van der Waals surface area contributed by atoms with Gasteiger partial charge in [0.2, 0.25) is 0 Å². The van der Waals surface area contributed by atoms with E-state index in [0.29, 0.717) is 6.42 Å². The molecule has 4 rings (SSSR count). The van der Waals surface area contributed by atoms with Crippen molar-refractivity contribution in [2.24, 2.45) is 0 Å². The molecule has 1 aromatic heterocycles. The second-order valence-corrected chi connectivity index (χ2v) is 6.64. The Morgan fingerprint density at radius 1 is 1.04 bits per heavy atom. The Kier molecular flexibility index (Phi) is 3.57. The number of Topliss-reactive ketones (excluding diaryl/α,β-unsaturated/α-hetero) is 1. The van der Waals surface area contributed by atoms with Crippen molar-refractivity contribution in [2.75, 3.05) is 0 Å².